The molecule has 0 radical (unpaired) electrons. The van der Waals surface area contributed by atoms with Crippen molar-refractivity contribution in [1.29, 1.82) is 0 Å². The molecule has 0 saturated carbocycles. The lowest BCUT2D eigenvalue weighted by Gasteiger charge is -2.29. The smallest absolute Gasteiger partial charge is 0.215 e. The summed E-state index contributed by atoms with van der Waals surface area (Å²) in [7, 11) is -3.06. The Balaban J connectivity index is 2.60. The summed E-state index contributed by atoms with van der Waals surface area (Å²) in [5.74, 6) is 0.570. The van der Waals surface area contributed by atoms with Gasteiger partial charge in [-0.1, -0.05) is 6.92 Å². The van der Waals surface area contributed by atoms with Gasteiger partial charge in [0.05, 0.1) is 5.75 Å². The molecular formula is C8H18N2O2S. The van der Waals surface area contributed by atoms with Crippen LogP contribution in [0.15, 0.2) is 0 Å². The summed E-state index contributed by atoms with van der Waals surface area (Å²) in [6.45, 7) is 3.65. The highest BCUT2D eigenvalue weighted by atomic mass is 32.2. The van der Waals surface area contributed by atoms with Crippen molar-refractivity contribution in [3.63, 3.8) is 0 Å². The summed E-state index contributed by atoms with van der Waals surface area (Å²) in [4.78, 5) is 0. The molecule has 78 valence electrons. The highest BCUT2D eigenvalue weighted by molar-refractivity contribution is 7.89. The minimum absolute atomic E-state index is 0.0831. The molecule has 1 heterocycles. The van der Waals surface area contributed by atoms with Crippen LogP contribution in [0.4, 0.5) is 0 Å². The van der Waals surface area contributed by atoms with Crippen LogP contribution < -0.4 is 5.73 Å². The van der Waals surface area contributed by atoms with E-state index in [0.29, 0.717) is 19.0 Å². The number of sulfonamides is 1. The Hall–Kier alpha value is -0.130. The zero-order chi connectivity index (χ0) is 9.90. The van der Waals surface area contributed by atoms with E-state index in [1.807, 2.05) is 0 Å². The number of hydrogen-bond donors (Lipinski definition) is 1. The third-order valence-electron chi connectivity index (χ3n) is 2.39. The minimum atomic E-state index is -3.06. The Labute approximate surface area is 80.1 Å². The predicted octanol–water partition coefficient (Wildman–Crippen LogP) is 0.00680. The zero-order valence-electron chi connectivity index (χ0n) is 8.07. The molecule has 1 atom stereocenters. The lowest BCUT2D eigenvalue weighted by atomic mass is 10.0. The van der Waals surface area contributed by atoms with E-state index in [2.05, 4.69) is 6.92 Å². The Bertz CT molecular complexity index is 251. The Morgan fingerprint density at radius 3 is 2.77 bits per heavy atom. The van der Waals surface area contributed by atoms with Gasteiger partial charge in [-0.2, -0.15) is 0 Å². The van der Waals surface area contributed by atoms with E-state index < -0.39 is 10.0 Å². The number of hydrogen-bond acceptors (Lipinski definition) is 3. The fraction of sp³-hybridized carbons (Fsp3) is 1.00. The zero-order valence-corrected chi connectivity index (χ0v) is 8.89. The van der Waals surface area contributed by atoms with Crippen molar-refractivity contribution in [2.24, 2.45) is 11.7 Å². The van der Waals surface area contributed by atoms with Crippen molar-refractivity contribution in [2.75, 3.05) is 25.4 Å². The van der Waals surface area contributed by atoms with Gasteiger partial charge >= 0.3 is 0 Å². The van der Waals surface area contributed by atoms with Crippen LogP contribution in [0.2, 0.25) is 0 Å². The van der Waals surface area contributed by atoms with Gasteiger partial charge in [0.2, 0.25) is 10.0 Å². The van der Waals surface area contributed by atoms with E-state index in [0.717, 1.165) is 12.8 Å². The van der Waals surface area contributed by atoms with Gasteiger partial charge in [-0.15, -0.1) is 0 Å². The molecular weight excluding hydrogens is 188 g/mol. The molecule has 1 aliphatic heterocycles. The number of rotatable bonds is 3. The van der Waals surface area contributed by atoms with Crippen LogP contribution in [0.3, 0.4) is 0 Å². The van der Waals surface area contributed by atoms with Crippen LogP contribution in [0.5, 0.6) is 0 Å². The predicted molar refractivity (Wildman–Crippen MR) is 52.8 cm³/mol. The van der Waals surface area contributed by atoms with Crippen molar-refractivity contribution in [2.45, 2.75) is 19.8 Å². The van der Waals surface area contributed by atoms with E-state index in [1.165, 1.54) is 0 Å². The highest BCUT2D eigenvalue weighted by Crippen LogP contribution is 2.18. The van der Waals surface area contributed by atoms with Crippen LogP contribution in [0.1, 0.15) is 19.8 Å². The van der Waals surface area contributed by atoms with Crippen molar-refractivity contribution in [3.05, 3.63) is 0 Å². The van der Waals surface area contributed by atoms with Gasteiger partial charge in [0.15, 0.2) is 0 Å². The Morgan fingerprint density at radius 1 is 1.54 bits per heavy atom. The molecule has 0 bridgehead atoms. The second kappa shape index (κ2) is 4.39. The Morgan fingerprint density at radius 2 is 2.23 bits per heavy atom. The van der Waals surface area contributed by atoms with E-state index >= 15 is 0 Å². The lowest BCUT2D eigenvalue weighted by molar-refractivity contribution is 0.281. The van der Waals surface area contributed by atoms with E-state index in [1.54, 1.807) is 4.31 Å². The normalized spacial score (nSPS) is 26.2. The van der Waals surface area contributed by atoms with Crippen LogP contribution in [0, 0.1) is 5.92 Å². The lowest BCUT2D eigenvalue weighted by Crippen LogP contribution is -2.41. The molecule has 0 aromatic rings. The maximum absolute atomic E-state index is 11.6. The molecule has 0 spiro atoms. The van der Waals surface area contributed by atoms with Crippen LogP contribution in [0.25, 0.3) is 0 Å². The molecule has 1 rings (SSSR count). The van der Waals surface area contributed by atoms with Crippen LogP contribution in [-0.2, 0) is 10.0 Å². The average Bonchev–Trinajstić information content (AvgIpc) is 2.04. The molecule has 0 unspecified atom stereocenters. The summed E-state index contributed by atoms with van der Waals surface area (Å²) in [6.07, 6.45) is 2.11. The molecule has 0 aliphatic carbocycles. The second-order valence-corrected chi connectivity index (χ2v) is 5.80. The first-order chi connectivity index (χ1) is 6.06. The fourth-order valence-corrected chi connectivity index (χ4v) is 3.12. The average molecular weight is 206 g/mol. The molecule has 2 N–H and O–H groups in total. The third-order valence-corrected chi connectivity index (χ3v) is 4.26. The van der Waals surface area contributed by atoms with E-state index in [9.17, 15) is 8.42 Å². The van der Waals surface area contributed by atoms with Crippen molar-refractivity contribution in [1.82, 2.24) is 4.31 Å². The minimum Gasteiger partial charge on any atom is -0.329 e. The van der Waals surface area contributed by atoms with Gasteiger partial charge in [0.1, 0.15) is 0 Å². The molecule has 1 fully saturated rings. The fourth-order valence-electron chi connectivity index (χ4n) is 1.68. The molecule has 4 nitrogen and oxygen atoms in total. The second-order valence-electron chi connectivity index (χ2n) is 3.71. The first-order valence-electron chi connectivity index (χ1n) is 4.74. The molecule has 0 aromatic carbocycles. The number of nitrogens with two attached hydrogens (primary N) is 1. The molecule has 1 saturated heterocycles. The van der Waals surface area contributed by atoms with Gasteiger partial charge in [-0.05, 0) is 18.8 Å². The van der Waals surface area contributed by atoms with Crippen LogP contribution in [-0.4, -0.2) is 38.1 Å². The summed E-state index contributed by atoms with van der Waals surface area (Å²) in [6, 6.07) is 0. The van der Waals surface area contributed by atoms with Gasteiger partial charge in [0.25, 0.3) is 0 Å². The summed E-state index contributed by atoms with van der Waals surface area (Å²) in [5, 5.41) is 0. The van der Waals surface area contributed by atoms with Crippen molar-refractivity contribution in [3.8, 4) is 0 Å². The monoisotopic (exact) mass is 206 g/mol. The largest absolute Gasteiger partial charge is 0.329 e. The number of piperidine rings is 1. The molecule has 1 aliphatic rings. The van der Waals surface area contributed by atoms with Crippen LogP contribution >= 0.6 is 0 Å². The van der Waals surface area contributed by atoms with E-state index in [4.69, 9.17) is 5.73 Å². The highest BCUT2D eigenvalue weighted by Gasteiger charge is 2.25. The van der Waals surface area contributed by atoms with Crippen molar-refractivity contribution >= 4 is 10.0 Å². The van der Waals surface area contributed by atoms with Gasteiger partial charge in [-0.3, -0.25) is 0 Å². The third kappa shape index (κ3) is 2.93. The maximum atomic E-state index is 11.6. The van der Waals surface area contributed by atoms with Gasteiger partial charge in [0, 0.05) is 19.6 Å². The quantitative estimate of drug-likeness (QED) is 0.707. The first-order valence-corrected chi connectivity index (χ1v) is 6.35. The Kier molecular flexibility index (Phi) is 3.70. The molecule has 0 amide bonds. The summed E-state index contributed by atoms with van der Waals surface area (Å²) < 4.78 is 24.7. The summed E-state index contributed by atoms with van der Waals surface area (Å²) >= 11 is 0. The summed E-state index contributed by atoms with van der Waals surface area (Å²) in [5.41, 5.74) is 5.25. The topological polar surface area (TPSA) is 63.4 Å². The van der Waals surface area contributed by atoms with Crippen molar-refractivity contribution < 1.29 is 8.42 Å². The van der Waals surface area contributed by atoms with E-state index in [-0.39, 0.29) is 12.3 Å². The van der Waals surface area contributed by atoms with Gasteiger partial charge < -0.3 is 5.73 Å². The number of nitrogens with zero attached hydrogens (tertiary/aromatic N) is 1. The molecule has 13 heavy (non-hydrogen) atoms. The maximum Gasteiger partial charge on any atom is 0.215 e. The first kappa shape index (κ1) is 10.9. The SMILES string of the molecule is C[C@@H]1CCCN(S(=O)(=O)CCN)C1. The standard InChI is InChI=1S/C8H18N2O2S/c1-8-3-2-5-10(7-8)13(11,12)6-4-9/h8H,2-7,9H2,1H3/t8-/m1/s1. The van der Waals surface area contributed by atoms with Gasteiger partial charge in [-0.25, -0.2) is 12.7 Å². The molecule has 0 aromatic heterocycles. The molecule has 5 heteroatoms.